The van der Waals surface area contributed by atoms with Gasteiger partial charge in [-0.3, -0.25) is 0 Å². The standard InChI is InChI=1S/C38H35NO12/c1-46-23-9-8-20-26-24-12-17-5-3-4-16(10-17)11-18-6-7-19(40)13-21(18)22-14-25-28(34(48-24)27(22)33(26)49-31(20)32(23)47-2)39-15-38(50-25)36(43)30(42)29(41)35(51-38)37(44)45/h3-10,13-14,24,26,29-30,33,35-36,39-43H,11-12,15H2,1-2H3,(H,44,45)/t24-,26-,29+,30+,33+,35+,36-,38-/m1/s1. The first-order chi connectivity index (χ1) is 24.6. The number of hydrogen-bond donors (Lipinski definition) is 6. The van der Waals surface area contributed by atoms with Crippen molar-refractivity contribution in [1.82, 2.24) is 0 Å². The molecule has 4 aromatic carbocycles. The van der Waals surface area contributed by atoms with Crippen LogP contribution in [0.4, 0.5) is 5.69 Å². The average Bonchev–Trinajstić information content (AvgIpc) is 3.52. The van der Waals surface area contributed by atoms with Gasteiger partial charge in [0.25, 0.3) is 5.79 Å². The number of aliphatic hydroxyl groups excluding tert-OH is 3. The van der Waals surface area contributed by atoms with Crippen LogP contribution in [0.5, 0.6) is 34.5 Å². The van der Waals surface area contributed by atoms with Crippen molar-refractivity contribution in [3.05, 3.63) is 88.5 Å². The number of aliphatic hydroxyl groups is 3. The van der Waals surface area contributed by atoms with Gasteiger partial charge in [0, 0.05) is 17.5 Å². The lowest BCUT2D eigenvalue weighted by Crippen LogP contribution is -2.71. The Bertz CT molecular complexity index is 2100. The van der Waals surface area contributed by atoms with Gasteiger partial charge in [0.15, 0.2) is 29.1 Å². The number of aliphatic carboxylic acids is 1. The van der Waals surface area contributed by atoms with Crippen molar-refractivity contribution < 1.29 is 58.7 Å². The molecule has 51 heavy (non-hydrogen) atoms. The number of carboxylic acids is 1. The Labute approximate surface area is 291 Å². The van der Waals surface area contributed by atoms with Crippen molar-refractivity contribution >= 4 is 11.7 Å². The van der Waals surface area contributed by atoms with Crippen LogP contribution in [0.2, 0.25) is 0 Å². The Hall–Kier alpha value is -5.21. The van der Waals surface area contributed by atoms with E-state index in [1.807, 2.05) is 24.3 Å². The van der Waals surface area contributed by atoms with E-state index in [-0.39, 0.29) is 24.0 Å². The van der Waals surface area contributed by atoms with E-state index in [9.17, 15) is 30.3 Å². The minimum absolute atomic E-state index is 0.0252. The van der Waals surface area contributed by atoms with Gasteiger partial charge >= 0.3 is 5.97 Å². The molecule has 13 heteroatoms. The minimum atomic E-state index is -2.09. The third-order valence-corrected chi connectivity index (χ3v) is 10.7. The van der Waals surface area contributed by atoms with Crippen LogP contribution in [-0.4, -0.2) is 88.6 Å². The smallest absolute Gasteiger partial charge is 0.335 e. The maximum Gasteiger partial charge on any atom is 0.335 e. The summed E-state index contributed by atoms with van der Waals surface area (Å²) in [5, 5.41) is 56.3. The SMILES string of the molecule is COc1ccc2c(c1OC)O[C@@H]1c3c4cc5c(c3O[C@H](Cc3cccc(c3)Cc3ccc(O)cc3-4)[C@@H]21)NC[C@@]1(O5)O[C@H](C(=O)O)[C@@H](O)[C@H](O)[C@H]1O. The number of hydrogen-bond acceptors (Lipinski definition) is 12. The van der Waals surface area contributed by atoms with Crippen molar-refractivity contribution in [1.29, 1.82) is 0 Å². The number of carboxylic acid groups (broad SMARTS) is 1. The van der Waals surface area contributed by atoms with Crippen LogP contribution >= 0.6 is 0 Å². The predicted octanol–water partition coefficient (Wildman–Crippen LogP) is 3.27. The van der Waals surface area contributed by atoms with E-state index in [4.69, 9.17) is 28.4 Å². The second kappa shape index (κ2) is 11.4. The van der Waals surface area contributed by atoms with Gasteiger partial charge in [0.1, 0.15) is 42.0 Å². The van der Waals surface area contributed by atoms with Gasteiger partial charge < -0.3 is 59.3 Å². The highest BCUT2D eigenvalue weighted by molar-refractivity contribution is 5.85. The van der Waals surface area contributed by atoms with E-state index in [0.717, 1.165) is 22.3 Å². The minimum Gasteiger partial charge on any atom is -0.508 e. The van der Waals surface area contributed by atoms with E-state index in [0.29, 0.717) is 58.2 Å². The summed E-state index contributed by atoms with van der Waals surface area (Å²) in [5.41, 5.74) is 6.23. The monoisotopic (exact) mass is 697 g/mol. The molecule has 4 aromatic rings. The van der Waals surface area contributed by atoms with Crippen LogP contribution in [0.3, 0.4) is 0 Å². The van der Waals surface area contributed by atoms with Gasteiger partial charge in [-0.2, -0.15) is 0 Å². The molecule has 0 amide bonds. The lowest BCUT2D eigenvalue weighted by Gasteiger charge is -2.49. The molecule has 0 unspecified atom stereocenters. The summed E-state index contributed by atoms with van der Waals surface area (Å²) in [6, 6.07) is 19.0. The fraction of sp³-hybridized carbons (Fsp3) is 0.342. The maximum atomic E-state index is 12.1. The molecule has 1 spiro atoms. The van der Waals surface area contributed by atoms with E-state index in [1.165, 1.54) is 0 Å². The van der Waals surface area contributed by atoms with Crippen molar-refractivity contribution in [3.8, 4) is 45.6 Å². The quantitative estimate of drug-likeness (QED) is 0.184. The first kappa shape index (κ1) is 31.7. The first-order valence-corrected chi connectivity index (χ1v) is 16.7. The molecule has 10 rings (SSSR count). The summed E-state index contributed by atoms with van der Waals surface area (Å²) in [6.07, 6.45) is -7.50. The molecule has 6 aliphatic rings. The summed E-state index contributed by atoms with van der Waals surface area (Å²) >= 11 is 0. The van der Waals surface area contributed by atoms with Crippen LogP contribution < -0.4 is 29.0 Å². The van der Waals surface area contributed by atoms with Crippen LogP contribution in [0.1, 0.15) is 39.8 Å². The van der Waals surface area contributed by atoms with Gasteiger partial charge in [-0.05, 0) is 58.5 Å². The molecule has 6 N–H and O–H groups in total. The van der Waals surface area contributed by atoms with E-state index in [2.05, 4.69) is 23.5 Å². The highest BCUT2D eigenvalue weighted by Crippen LogP contribution is 2.63. The molecule has 5 aliphatic heterocycles. The number of phenols is 1. The van der Waals surface area contributed by atoms with Crippen LogP contribution in [0.15, 0.2) is 60.7 Å². The number of ether oxygens (including phenoxy) is 6. The highest BCUT2D eigenvalue weighted by Gasteiger charge is 2.60. The topological polar surface area (TPSA) is 186 Å². The van der Waals surface area contributed by atoms with Crippen LogP contribution in [0.25, 0.3) is 11.1 Å². The number of methoxy groups -OCH3 is 2. The van der Waals surface area contributed by atoms with Crippen molar-refractivity contribution in [3.63, 3.8) is 0 Å². The number of nitrogens with one attached hydrogen (secondary N) is 1. The third kappa shape index (κ3) is 4.65. The second-order valence-corrected chi connectivity index (χ2v) is 13.6. The fourth-order valence-corrected chi connectivity index (χ4v) is 8.34. The van der Waals surface area contributed by atoms with E-state index >= 15 is 0 Å². The van der Waals surface area contributed by atoms with Gasteiger partial charge in [0.05, 0.1) is 26.7 Å². The number of benzene rings is 4. The largest absolute Gasteiger partial charge is 0.508 e. The molecule has 1 saturated heterocycles. The fourth-order valence-electron chi connectivity index (χ4n) is 8.34. The van der Waals surface area contributed by atoms with Gasteiger partial charge in [-0.25, -0.2) is 4.79 Å². The van der Waals surface area contributed by atoms with Crippen molar-refractivity contribution in [2.24, 2.45) is 0 Å². The van der Waals surface area contributed by atoms with Crippen molar-refractivity contribution in [2.75, 3.05) is 26.1 Å². The summed E-state index contributed by atoms with van der Waals surface area (Å²) in [5.74, 6) is -1.86. The molecule has 0 radical (unpaired) electrons. The molecule has 1 aliphatic carbocycles. The zero-order chi connectivity index (χ0) is 35.3. The summed E-state index contributed by atoms with van der Waals surface area (Å²) in [4.78, 5) is 12.1. The summed E-state index contributed by atoms with van der Waals surface area (Å²) < 4.78 is 37.5. The second-order valence-electron chi connectivity index (χ2n) is 13.6. The van der Waals surface area contributed by atoms with Gasteiger partial charge in [-0.15, -0.1) is 0 Å². The Balaban J connectivity index is 1.29. The van der Waals surface area contributed by atoms with E-state index in [1.54, 1.807) is 32.4 Å². The normalized spacial score (nSPS) is 29.3. The zero-order valence-corrected chi connectivity index (χ0v) is 27.5. The number of rotatable bonds is 3. The Morgan fingerprint density at radius 1 is 0.922 bits per heavy atom. The average molecular weight is 698 g/mol. The molecular weight excluding hydrogens is 662 g/mol. The summed E-state index contributed by atoms with van der Waals surface area (Å²) in [7, 11) is 3.12. The predicted molar refractivity (Wildman–Crippen MR) is 179 cm³/mol. The van der Waals surface area contributed by atoms with Crippen LogP contribution in [0, 0.1) is 0 Å². The van der Waals surface area contributed by atoms with Crippen molar-refractivity contribution in [2.45, 2.75) is 61.2 Å². The molecular formula is C38H35NO12. The number of carbonyl (C=O) groups is 1. The molecule has 13 nitrogen and oxygen atoms in total. The third-order valence-electron chi connectivity index (χ3n) is 10.7. The lowest BCUT2D eigenvalue weighted by atomic mass is 9.77. The highest BCUT2D eigenvalue weighted by atomic mass is 16.7. The molecule has 6 bridgehead atoms. The maximum absolute atomic E-state index is 12.1. The zero-order valence-electron chi connectivity index (χ0n) is 27.5. The lowest BCUT2D eigenvalue weighted by molar-refractivity contribution is -0.325. The molecule has 0 saturated carbocycles. The Kier molecular flexibility index (Phi) is 7.10. The molecule has 8 atom stereocenters. The van der Waals surface area contributed by atoms with Gasteiger partial charge in [-0.1, -0.05) is 36.4 Å². The Morgan fingerprint density at radius 3 is 2.53 bits per heavy atom. The molecule has 264 valence electrons. The van der Waals surface area contributed by atoms with Gasteiger partial charge in [0.2, 0.25) is 5.75 Å². The number of phenolic OH excluding ortho intramolecular Hbond substituents is 1. The van der Waals surface area contributed by atoms with Crippen LogP contribution in [-0.2, 0) is 22.4 Å². The summed E-state index contributed by atoms with van der Waals surface area (Å²) in [6.45, 7) is -0.297. The number of anilines is 1. The number of fused-ring (bicyclic) bond motifs is 2. The molecule has 1 fully saturated rings. The molecule has 5 heterocycles. The number of aromatic hydroxyl groups is 1. The Morgan fingerprint density at radius 2 is 1.75 bits per heavy atom. The first-order valence-electron chi connectivity index (χ1n) is 16.7. The molecule has 0 aromatic heterocycles. The van der Waals surface area contributed by atoms with E-state index < -0.39 is 48.4 Å².